The summed E-state index contributed by atoms with van der Waals surface area (Å²) in [5.41, 5.74) is -0.936. The molecule has 28 heavy (non-hydrogen) atoms. The van der Waals surface area contributed by atoms with Gasteiger partial charge in [-0.2, -0.15) is 17.5 Å². The maximum absolute atomic E-state index is 12.6. The summed E-state index contributed by atoms with van der Waals surface area (Å²) in [4.78, 5) is -0.212. The second kappa shape index (κ2) is 7.37. The van der Waals surface area contributed by atoms with Crippen molar-refractivity contribution in [2.75, 3.05) is 17.8 Å². The molecule has 6 nitrogen and oxygen atoms in total. The first kappa shape index (κ1) is 20.6. The van der Waals surface area contributed by atoms with E-state index in [9.17, 15) is 30.0 Å². The summed E-state index contributed by atoms with van der Waals surface area (Å²) in [5.74, 6) is 0. The lowest BCUT2D eigenvalue weighted by Gasteiger charge is -2.16. The van der Waals surface area contributed by atoms with Crippen LogP contribution in [-0.4, -0.2) is 34.2 Å². The minimum absolute atomic E-state index is 0.0112. The number of nitrogens with one attached hydrogen (secondary N) is 1. The fourth-order valence-electron chi connectivity index (χ4n) is 2.81. The molecule has 0 saturated carbocycles. The highest BCUT2D eigenvalue weighted by atomic mass is 32.2. The van der Waals surface area contributed by atoms with Crippen LogP contribution in [0.3, 0.4) is 0 Å². The summed E-state index contributed by atoms with van der Waals surface area (Å²) < 4.78 is 91.0. The molecule has 1 fully saturated rings. The third kappa shape index (κ3) is 4.31. The highest BCUT2D eigenvalue weighted by Gasteiger charge is 2.30. The van der Waals surface area contributed by atoms with Gasteiger partial charge in [0.15, 0.2) is 0 Å². The zero-order valence-corrected chi connectivity index (χ0v) is 16.1. The van der Waals surface area contributed by atoms with Crippen LogP contribution in [0.1, 0.15) is 18.4 Å². The number of hydrogen-bond acceptors (Lipinski definition) is 4. The number of sulfonamides is 2. The molecule has 0 radical (unpaired) electrons. The summed E-state index contributed by atoms with van der Waals surface area (Å²) in [7, 11) is -7.75. The Morgan fingerprint density at radius 3 is 1.79 bits per heavy atom. The number of nitrogens with zero attached hydrogens (tertiary/aromatic N) is 1. The van der Waals surface area contributed by atoms with E-state index in [-0.39, 0.29) is 15.5 Å². The van der Waals surface area contributed by atoms with Gasteiger partial charge >= 0.3 is 6.18 Å². The van der Waals surface area contributed by atoms with E-state index in [4.69, 9.17) is 0 Å². The Kier molecular flexibility index (Phi) is 5.43. The van der Waals surface area contributed by atoms with Crippen LogP contribution in [0, 0.1) is 0 Å². The molecule has 0 bridgehead atoms. The molecule has 0 aromatic heterocycles. The highest BCUT2D eigenvalue weighted by molar-refractivity contribution is 7.92. The van der Waals surface area contributed by atoms with Gasteiger partial charge in [-0.25, -0.2) is 16.8 Å². The van der Waals surface area contributed by atoms with Gasteiger partial charge in [-0.1, -0.05) is 0 Å². The van der Waals surface area contributed by atoms with Crippen LogP contribution in [0.4, 0.5) is 18.9 Å². The van der Waals surface area contributed by atoms with Crippen molar-refractivity contribution in [3.05, 3.63) is 54.1 Å². The molecule has 11 heteroatoms. The van der Waals surface area contributed by atoms with E-state index in [1.54, 1.807) is 0 Å². The SMILES string of the molecule is O=S(=O)(Nc1ccc(C(F)(F)F)cc1)c1ccc(S(=O)(=O)N2CCCC2)cc1. The Labute approximate surface area is 161 Å². The number of alkyl halides is 3. The minimum atomic E-state index is -4.52. The van der Waals surface area contributed by atoms with Gasteiger partial charge in [-0.3, -0.25) is 4.72 Å². The molecule has 1 saturated heterocycles. The summed E-state index contributed by atoms with van der Waals surface area (Å²) in [6.45, 7) is 0.857. The van der Waals surface area contributed by atoms with E-state index >= 15 is 0 Å². The predicted molar refractivity (Wildman–Crippen MR) is 96.7 cm³/mol. The van der Waals surface area contributed by atoms with Crippen LogP contribution in [0.2, 0.25) is 0 Å². The molecular formula is C17H17F3N2O4S2. The molecule has 1 N–H and O–H groups in total. The predicted octanol–water partition coefficient (Wildman–Crippen LogP) is 3.29. The molecule has 2 aromatic rings. The molecule has 0 amide bonds. The van der Waals surface area contributed by atoms with Crippen LogP contribution >= 0.6 is 0 Å². The van der Waals surface area contributed by atoms with Gasteiger partial charge in [0.1, 0.15) is 0 Å². The molecule has 1 aliphatic rings. The summed E-state index contributed by atoms with van der Waals surface area (Å²) in [6.07, 6.45) is -2.96. The summed E-state index contributed by atoms with van der Waals surface area (Å²) in [6, 6.07) is 8.25. The van der Waals surface area contributed by atoms with Crippen LogP contribution in [-0.2, 0) is 26.2 Å². The van der Waals surface area contributed by atoms with E-state index in [0.717, 1.165) is 49.2 Å². The zero-order chi connectivity index (χ0) is 20.6. The first-order valence-electron chi connectivity index (χ1n) is 8.30. The maximum Gasteiger partial charge on any atom is 0.416 e. The van der Waals surface area contributed by atoms with Gasteiger partial charge in [0.25, 0.3) is 10.0 Å². The molecule has 0 unspecified atom stereocenters. The number of anilines is 1. The maximum atomic E-state index is 12.6. The van der Waals surface area contributed by atoms with Crippen LogP contribution in [0.5, 0.6) is 0 Å². The fourth-order valence-corrected chi connectivity index (χ4v) is 5.39. The second-order valence-corrected chi connectivity index (χ2v) is 9.88. The summed E-state index contributed by atoms with van der Waals surface area (Å²) in [5, 5.41) is 0. The van der Waals surface area contributed by atoms with Crippen LogP contribution < -0.4 is 4.72 Å². The van der Waals surface area contributed by atoms with E-state index in [1.165, 1.54) is 16.4 Å². The molecule has 0 aliphatic carbocycles. The topological polar surface area (TPSA) is 83.5 Å². The average Bonchev–Trinajstić information content (AvgIpc) is 3.17. The van der Waals surface area contributed by atoms with E-state index in [2.05, 4.69) is 4.72 Å². The lowest BCUT2D eigenvalue weighted by Crippen LogP contribution is -2.27. The van der Waals surface area contributed by atoms with E-state index in [0.29, 0.717) is 13.1 Å². The molecule has 0 atom stereocenters. The van der Waals surface area contributed by atoms with Crippen molar-refractivity contribution < 1.29 is 30.0 Å². The molecule has 3 rings (SSSR count). The number of halogens is 3. The molecule has 152 valence electrons. The first-order valence-corrected chi connectivity index (χ1v) is 11.2. The molecule has 1 heterocycles. The fraction of sp³-hybridized carbons (Fsp3) is 0.294. The van der Waals surface area contributed by atoms with E-state index < -0.39 is 31.8 Å². The smallest absolute Gasteiger partial charge is 0.280 e. The van der Waals surface area contributed by atoms with Gasteiger partial charge in [0.2, 0.25) is 10.0 Å². The molecule has 1 aliphatic heterocycles. The van der Waals surface area contributed by atoms with Gasteiger partial charge in [0, 0.05) is 18.8 Å². The zero-order valence-electron chi connectivity index (χ0n) is 14.5. The van der Waals surface area contributed by atoms with Crippen molar-refractivity contribution in [2.45, 2.75) is 28.8 Å². The Balaban J connectivity index is 1.79. The van der Waals surface area contributed by atoms with Crippen molar-refractivity contribution in [3.63, 3.8) is 0 Å². The van der Waals surface area contributed by atoms with Crippen molar-refractivity contribution in [2.24, 2.45) is 0 Å². The van der Waals surface area contributed by atoms with Crippen LogP contribution in [0.15, 0.2) is 58.3 Å². The molecule has 2 aromatic carbocycles. The van der Waals surface area contributed by atoms with Gasteiger partial charge in [-0.05, 0) is 61.4 Å². The van der Waals surface area contributed by atoms with Gasteiger partial charge < -0.3 is 0 Å². The van der Waals surface area contributed by atoms with E-state index in [1.807, 2.05) is 0 Å². The lowest BCUT2D eigenvalue weighted by atomic mass is 10.2. The van der Waals surface area contributed by atoms with Gasteiger partial charge in [0.05, 0.1) is 15.4 Å². The van der Waals surface area contributed by atoms with Crippen molar-refractivity contribution in [3.8, 4) is 0 Å². The summed E-state index contributed by atoms with van der Waals surface area (Å²) >= 11 is 0. The third-order valence-electron chi connectivity index (χ3n) is 4.30. The number of hydrogen-bond donors (Lipinski definition) is 1. The largest absolute Gasteiger partial charge is 0.416 e. The molecule has 0 spiro atoms. The quantitative estimate of drug-likeness (QED) is 0.783. The van der Waals surface area contributed by atoms with Gasteiger partial charge in [-0.15, -0.1) is 0 Å². The highest BCUT2D eigenvalue weighted by Crippen LogP contribution is 2.30. The Hall–Kier alpha value is -2.11. The minimum Gasteiger partial charge on any atom is -0.280 e. The molecular weight excluding hydrogens is 417 g/mol. The Morgan fingerprint density at radius 2 is 1.29 bits per heavy atom. The third-order valence-corrected chi connectivity index (χ3v) is 7.61. The van der Waals surface area contributed by atoms with Crippen molar-refractivity contribution >= 4 is 25.7 Å². The number of benzene rings is 2. The van der Waals surface area contributed by atoms with Crippen LogP contribution in [0.25, 0.3) is 0 Å². The Bertz CT molecular complexity index is 1040. The Morgan fingerprint density at radius 1 is 0.786 bits per heavy atom. The lowest BCUT2D eigenvalue weighted by molar-refractivity contribution is -0.137. The van der Waals surface area contributed by atoms with Crippen molar-refractivity contribution in [1.29, 1.82) is 0 Å². The first-order chi connectivity index (χ1) is 13.0. The average molecular weight is 434 g/mol. The standard InChI is InChI=1S/C17H17F3N2O4S2/c18-17(19,20)13-3-5-14(6-4-13)21-27(23,24)15-7-9-16(10-8-15)28(25,26)22-11-1-2-12-22/h3-10,21H,1-2,11-12H2. The second-order valence-electron chi connectivity index (χ2n) is 6.26. The normalized spacial score (nSPS) is 16.2. The number of rotatable bonds is 5. The monoisotopic (exact) mass is 434 g/mol. The van der Waals surface area contributed by atoms with Crippen molar-refractivity contribution in [1.82, 2.24) is 4.31 Å².